The van der Waals surface area contributed by atoms with Gasteiger partial charge in [0.25, 0.3) is 0 Å². The number of hydrogen-bond acceptors (Lipinski definition) is 2. The summed E-state index contributed by atoms with van der Waals surface area (Å²) in [7, 11) is 0. The lowest BCUT2D eigenvalue weighted by Crippen LogP contribution is -2.65. The third-order valence-electron chi connectivity index (χ3n) is 5.17. The second-order valence-electron chi connectivity index (χ2n) is 6.95. The number of carbonyl (C=O) groups is 2. The standard InChI is InChI=1S/C16H28N2O2/c1-5-16(8-6-7-9-16)10-18-13(11(2)3)14(19)17-12(4)15(18)20/h11-13H,5-10H2,1-4H3,(H,17,19). The van der Waals surface area contributed by atoms with Crippen molar-refractivity contribution in [2.24, 2.45) is 11.3 Å². The largest absolute Gasteiger partial charge is 0.343 e. The molecule has 0 aromatic carbocycles. The maximum absolute atomic E-state index is 12.5. The molecule has 1 aliphatic carbocycles. The molecule has 2 rings (SSSR count). The Balaban J connectivity index is 2.23. The molecule has 2 unspecified atom stereocenters. The summed E-state index contributed by atoms with van der Waals surface area (Å²) >= 11 is 0. The number of piperazine rings is 1. The summed E-state index contributed by atoms with van der Waals surface area (Å²) in [5.74, 6) is 0.251. The highest BCUT2D eigenvalue weighted by molar-refractivity contribution is 5.96. The summed E-state index contributed by atoms with van der Waals surface area (Å²) in [5.41, 5.74) is 0.236. The van der Waals surface area contributed by atoms with E-state index in [-0.39, 0.29) is 35.2 Å². The van der Waals surface area contributed by atoms with E-state index in [1.165, 1.54) is 25.7 Å². The topological polar surface area (TPSA) is 49.4 Å². The van der Waals surface area contributed by atoms with Gasteiger partial charge in [-0.25, -0.2) is 0 Å². The van der Waals surface area contributed by atoms with Crippen molar-refractivity contribution < 1.29 is 9.59 Å². The van der Waals surface area contributed by atoms with Crippen LogP contribution in [0.25, 0.3) is 0 Å². The van der Waals surface area contributed by atoms with Crippen molar-refractivity contribution >= 4 is 11.8 Å². The molecule has 0 aromatic rings. The van der Waals surface area contributed by atoms with Crippen molar-refractivity contribution in [2.45, 2.75) is 71.9 Å². The Labute approximate surface area is 122 Å². The number of hydrogen-bond donors (Lipinski definition) is 1. The van der Waals surface area contributed by atoms with E-state index in [0.29, 0.717) is 0 Å². The normalized spacial score (nSPS) is 29.9. The van der Waals surface area contributed by atoms with Crippen molar-refractivity contribution in [3.8, 4) is 0 Å². The molecule has 114 valence electrons. The van der Waals surface area contributed by atoms with Crippen molar-refractivity contribution in [1.82, 2.24) is 10.2 Å². The molecule has 0 radical (unpaired) electrons. The lowest BCUT2D eigenvalue weighted by atomic mass is 9.81. The van der Waals surface area contributed by atoms with Crippen LogP contribution >= 0.6 is 0 Å². The summed E-state index contributed by atoms with van der Waals surface area (Å²) in [5, 5.41) is 2.82. The van der Waals surface area contributed by atoms with Crippen LogP contribution in [0.2, 0.25) is 0 Å². The van der Waals surface area contributed by atoms with Crippen LogP contribution in [0.15, 0.2) is 0 Å². The molecule has 2 amide bonds. The highest BCUT2D eigenvalue weighted by Gasteiger charge is 2.44. The van der Waals surface area contributed by atoms with Gasteiger partial charge in [0.1, 0.15) is 12.1 Å². The Morgan fingerprint density at radius 3 is 2.40 bits per heavy atom. The quantitative estimate of drug-likeness (QED) is 0.859. The average molecular weight is 280 g/mol. The molecule has 2 atom stereocenters. The zero-order valence-corrected chi connectivity index (χ0v) is 13.2. The second kappa shape index (κ2) is 5.74. The molecule has 1 saturated carbocycles. The summed E-state index contributed by atoms with van der Waals surface area (Å²) in [6.07, 6.45) is 5.98. The van der Waals surface area contributed by atoms with Gasteiger partial charge in [0, 0.05) is 6.54 Å². The van der Waals surface area contributed by atoms with E-state index in [0.717, 1.165) is 13.0 Å². The first kappa shape index (κ1) is 15.3. The van der Waals surface area contributed by atoms with Gasteiger partial charge in [-0.2, -0.15) is 0 Å². The lowest BCUT2D eigenvalue weighted by molar-refractivity contribution is -0.152. The van der Waals surface area contributed by atoms with Gasteiger partial charge in [-0.15, -0.1) is 0 Å². The number of amides is 2. The van der Waals surface area contributed by atoms with Crippen molar-refractivity contribution in [3.63, 3.8) is 0 Å². The van der Waals surface area contributed by atoms with Gasteiger partial charge in [0.2, 0.25) is 11.8 Å². The summed E-state index contributed by atoms with van der Waals surface area (Å²) in [6, 6.07) is -0.685. The minimum absolute atomic E-state index is 0.0105. The highest BCUT2D eigenvalue weighted by Crippen LogP contribution is 2.42. The zero-order chi connectivity index (χ0) is 14.9. The monoisotopic (exact) mass is 280 g/mol. The average Bonchev–Trinajstić information content (AvgIpc) is 2.84. The molecule has 1 heterocycles. The molecule has 0 aromatic heterocycles. The molecule has 20 heavy (non-hydrogen) atoms. The van der Waals surface area contributed by atoms with E-state index in [1.807, 2.05) is 18.7 Å². The Morgan fingerprint density at radius 1 is 1.30 bits per heavy atom. The number of nitrogens with one attached hydrogen (secondary N) is 1. The Hall–Kier alpha value is -1.06. The van der Waals surface area contributed by atoms with E-state index in [4.69, 9.17) is 0 Å². The number of rotatable bonds is 4. The van der Waals surface area contributed by atoms with E-state index in [2.05, 4.69) is 12.2 Å². The fourth-order valence-electron chi connectivity index (χ4n) is 3.84. The molecule has 2 aliphatic rings. The van der Waals surface area contributed by atoms with Crippen LogP contribution in [0.3, 0.4) is 0 Å². The van der Waals surface area contributed by atoms with Crippen LogP contribution in [-0.4, -0.2) is 35.3 Å². The first-order valence-corrected chi connectivity index (χ1v) is 8.01. The Kier molecular flexibility index (Phi) is 4.40. The lowest BCUT2D eigenvalue weighted by Gasteiger charge is -2.44. The van der Waals surface area contributed by atoms with Gasteiger partial charge >= 0.3 is 0 Å². The first-order valence-electron chi connectivity index (χ1n) is 8.01. The molecule has 0 bridgehead atoms. The summed E-state index contributed by atoms with van der Waals surface area (Å²) < 4.78 is 0. The molecular weight excluding hydrogens is 252 g/mol. The maximum Gasteiger partial charge on any atom is 0.245 e. The molecule has 1 saturated heterocycles. The fourth-order valence-corrected chi connectivity index (χ4v) is 3.84. The second-order valence-corrected chi connectivity index (χ2v) is 6.95. The highest BCUT2D eigenvalue weighted by atomic mass is 16.2. The van der Waals surface area contributed by atoms with Gasteiger partial charge in [-0.1, -0.05) is 33.6 Å². The van der Waals surface area contributed by atoms with Crippen LogP contribution in [0, 0.1) is 11.3 Å². The molecular formula is C16H28N2O2. The van der Waals surface area contributed by atoms with Crippen molar-refractivity contribution in [1.29, 1.82) is 0 Å². The Morgan fingerprint density at radius 2 is 1.90 bits per heavy atom. The summed E-state index contributed by atoms with van der Waals surface area (Å²) in [6.45, 7) is 8.80. The van der Waals surface area contributed by atoms with E-state index in [9.17, 15) is 9.59 Å². The van der Waals surface area contributed by atoms with E-state index in [1.54, 1.807) is 6.92 Å². The third-order valence-corrected chi connectivity index (χ3v) is 5.17. The van der Waals surface area contributed by atoms with Crippen molar-refractivity contribution in [3.05, 3.63) is 0 Å². The van der Waals surface area contributed by atoms with Crippen LogP contribution < -0.4 is 5.32 Å². The Bertz CT molecular complexity index is 386. The molecule has 1 N–H and O–H groups in total. The molecule has 0 spiro atoms. The minimum Gasteiger partial charge on any atom is -0.343 e. The summed E-state index contributed by atoms with van der Waals surface area (Å²) in [4.78, 5) is 26.7. The van der Waals surface area contributed by atoms with Crippen molar-refractivity contribution in [2.75, 3.05) is 6.54 Å². The van der Waals surface area contributed by atoms with Gasteiger partial charge in [0.05, 0.1) is 0 Å². The van der Waals surface area contributed by atoms with Crippen LogP contribution in [0.5, 0.6) is 0 Å². The zero-order valence-electron chi connectivity index (χ0n) is 13.2. The van der Waals surface area contributed by atoms with Crippen LogP contribution in [0.1, 0.15) is 59.8 Å². The third kappa shape index (κ3) is 2.70. The predicted molar refractivity (Wildman–Crippen MR) is 79.1 cm³/mol. The van der Waals surface area contributed by atoms with Gasteiger partial charge in [-0.05, 0) is 37.5 Å². The van der Waals surface area contributed by atoms with E-state index < -0.39 is 0 Å². The maximum atomic E-state index is 12.5. The van der Waals surface area contributed by atoms with E-state index >= 15 is 0 Å². The van der Waals surface area contributed by atoms with Gasteiger partial charge in [0.15, 0.2) is 0 Å². The predicted octanol–water partition coefficient (Wildman–Crippen LogP) is 2.33. The smallest absolute Gasteiger partial charge is 0.245 e. The first-order chi connectivity index (χ1) is 9.40. The van der Waals surface area contributed by atoms with Gasteiger partial charge < -0.3 is 10.2 Å². The minimum atomic E-state index is -0.382. The fraction of sp³-hybridized carbons (Fsp3) is 0.875. The van der Waals surface area contributed by atoms with Crippen LogP contribution in [-0.2, 0) is 9.59 Å². The van der Waals surface area contributed by atoms with Gasteiger partial charge in [-0.3, -0.25) is 9.59 Å². The molecule has 1 aliphatic heterocycles. The van der Waals surface area contributed by atoms with Crippen LogP contribution in [0.4, 0.5) is 0 Å². The molecule has 2 fully saturated rings. The molecule has 4 heteroatoms. The number of nitrogens with zero attached hydrogens (tertiary/aromatic N) is 1. The molecule has 4 nitrogen and oxygen atoms in total. The number of carbonyl (C=O) groups excluding carboxylic acids is 2. The SMILES string of the molecule is CCC1(CN2C(=O)C(C)NC(=O)C2C(C)C)CCCC1.